The van der Waals surface area contributed by atoms with Crippen molar-refractivity contribution in [3.05, 3.63) is 65.2 Å². The monoisotopic (exact) mass is 461 g/mol. The minimum absolute atomic E-state index is 0.00785. The second-order valence-corrected chi connectivity index (χ2v) is 9.80. The van der Waals surface area contributed by atoms with Crippen LogP contribution in [0.1, 0.15) is 47.2 Å². The Morgan fingerprint density at radius 3 is 2.26 bits per heavy atom. The molecule has 1 aliphatic carbocycles. The number of rotatable bonds is 5. The number of hydrogen-bond donors (Lipinski definition) is 0. The first-order valence-corrected chi connectivity index (χ1v) is 12.7. The highest BCUT2D eigenvalue weighted by Crippen LogP contribution is 2.33. The Hall–Kier alpha value is -2.86. The van der Waals surface area contributed by atoms with Crippen molar-refractivity contribution in [2.24, 2.45) is 5.92 Å². The molecule has 34 heavy (non-hydrogen) atoms. The second kappa shape index (κ2) is 10.2. The summed E-state index contributed by atoms with van der Waals surface area (Å²) in [6.45, 7) is 4.25. The van der Waals surface area contributed by atoms with E-state index in [1.807, 2.05) is 29.2 Å². The quantitative estimate of drug-likeness (QED) is 0.683. The van der Waals surface area contributed by atoms with E-state index in [9.17, 15) is 9.59 Å². The van der Waals surface area contributed by atoms with Gasteiger partial charge in [0.2, 0.25) is 5.91 Å². The van der Waals surface area contributed by atoms with Crippen LogP contribution in [0.15, 0.2) is 48.5 Å². The number of ether oxygens (including phenoxy) is 1. The van der Waals surface area contributed by atoms with Gasteiger partial charge in [-0.25, -0.2) is 0 Å². The molecule has 2 aromatic carbocycles. The van der Waals surface area contributed by atoms with Crippen molar-refractivity contribution in [3.63, 3.8) is 0 Å². The molecule has 6 nitrogen and oxygen atoms in total. The summed E-state index contributed by atoms with van der Waals surface area (Å²) in [5.74, 6) is 1.32. The van der Waals surface area contributed by atoms with Gasteiger partial charge in [0.25, 0.3) is 5.91 Å². The van der Waals surface area contributed by atoms with Gasteiger partial charge in [-0.1, -0.05) is 49.2 Å². The van der Waals surface area contributed by atoms with E-state index >= 15 is 0 Å². The lowest BCUT2D eigenvalue weighted by Gasteiger charge is -2.43. The van der Waals surface area contributed by atoms with Crippen molar-refractivity contribution in [1.82, 2.24) is 14.7 Å². The smallest absolute Gasteiger partial charge is 0.257 e. The zero-order valence-electron chi connectivity index (χ0n) is 20.1. The van der Waals surface area contributed by atoms with E-state index < -0.39 is 0 Å². The van der Waals surface area contributed by atoms with Gasteiger partial charge < -0.3 is 14.5 Å². The number of fused-ring (bicyclic) bond motifs is 1. The molecular formula is C28H35N3O3. The minimum atomic E-state index is -0.0729. The van der Waals surface area contributed by atoms with Gasteiger partial charge in [0, 0.05) is 39.3 Å². The van der Waals surface area contributed by atoms with Gasteiger partial charge >= 0.3 is 0 Å². The van der Waals surface area contributed by atoms with Gasteiger partial charge in [0.1, 0.15) is 5.75 Å². The molecule has 6 heteroatoms. The lowest BCUT2D eigenvalue weighted by molar-refractivity contribution is -0.141. The second-order valence-electron chi connectivity index (χ2n) is 9.80. The fourth-order valence-electron chi connectivity index (χ4n) is 5.99. The van der Waals surface area contributed by atoms with Crippen LogP contribution in [-0.4, -0.2) is 72.4 Å². The van der Waals surface area contributed by atoms with Crippen LogP contribution in [0, 0.1) is 5.92 Å². The first-order valence-electron chi connectivity index (χ1n) is 12.7. The van der Waals surface area contributed by atoms with Crippen LogP contribution in [0.4, 0.5) is 0 Å². The fourth-order valence-corrected chi connectivity index (χ4v) is 5.99. The average molecular weight is 462 g/mol. The van der Waals surface area contributed by atoms with Crippen molar-refractivity contribution in [1.29, 1.82) is 0 Å². The summed E-state index contributed by atoms with van der Waals surface area (Å²) >= 11 is 0. The SMILES string of the molecule is COc1ccccc1C(=O)N1CCN(C(C(=O)N2CCc3ccccc3C2)C2CCCC2)CC1. The minimum Gasteiger partial charge on any atom is -0.496 e. The largest absolute Gasteiger partial charge is 0.496 e. The topological polar surface area (TPSA) is 53.1 Å². The molecule has 2 heterocycles. The first-order chi connectivity index (χ1) is 16.7. The molecule has 0 aromatic heterocycles. The zero-order valence-corrected chi connectivity index (χ0v) is 20.1. The van der Waals surface area contributed by atoms with Crippen LogP contribution >= 0.6 is 0 Å². The molecule has 0 N–H and O–H groups in total. The maximum atomic E-state index is 13.9. The molecule has 5 rings (SSSR count). The lowest BCUT2D eigenvalue weighted by Crippen LogP contribution is -2.58. The molecule has 1 saturated heterocycles. The fraction of sp³-hybridized carbons (Fsp3) is 0.500. The molecule has 1 unspecified atom stereocenters. The highest BCUT2D eigenvalue weighted by molar-refractivity contribution is 5.97. The highest BCUT2D eigenvalue weighted by atomic mass is 16.5. The van der Waals surface area contributed by atoms with E-state index in [4.69, 9.17) is 4.74 Å². The number of benzene rings is 2. The molecule has 1 atom stereocenters. The van der Waals surface area contributed by atoms with Gasteiger partial charge in [-0.05, 0) is 48.4 Å². The van der Waals surface area contributed by atoms with Gasteiger partial charge in [-0.3, -0.25) is 14.5 Å². The van der Waals surface area contributed by atoms with Crippen LogP contribution in [0.2, 0.25) is 0 Å². The van der Waals surface area contributed by atoms with Crippen molar-refractivity contribution < 1.29 is 14.3 Å². The molecule has 0 radical (unpaired) electrons. The number of methoxy groups -OCH3 is 1. The predicted molar refractivity (Wildman–Crippen MR) is 132 cm³/mol. The summed E-state index contributed by atoms with van der Waals surface area (Å²) in [6, 6.07) is 15.8. The number of hydrogen-bond acceptors (Lipinski definition) is 4. The standard InChI is InChI=1S/C28H35N3O3/c1-34-25-13-7-6-12-24(25)27(32)30-18-16-29(17-19-30)26(22-9-3-4-10-22)28(33)31-15-14-21-8-2-5-11-23(21)20-31/h2,5-8,11-13,22,26H,3-4,9-10,14-20H2,1H3. The Morgan fingerprint density at radius 2 is 1.53 bits per heavy atom. The van der Waals surface area contributed by atoms with E-state index in [1.165, 1.54) is 24.0 Å². The molecule has 2 amide bonds. The van der Waals surface area contributed by atoms with Gasteiger partial charge in [0.15, 0.2) is 0 Å². The molecule has 3 aliphatic rings. The number of amides is 2. The maximum Gasteiger partial charge on any atom is 0.257 e. The Balaban J connectivity index is 1.28. The number of carbonyl (C=O) groups is 2. The average Bonchev–Trinajstić information content (AvgIpc) is 3.43. The van der Waals surface area contributed by atoms with E-state index in [1.54, 1.807) is 7.11 Å². The third-order valence-electron chi connectivity index (χ3n) is 7.87. The van der Waals surface area contributed by atoms with Gasteiger partial charge in [-0.2, -0.15) is 0 Å². The van der Waals surface area contributed by atoms with E-state index in [0.717, 1.165) is 38.9 Å². The third kappa shape index (κ3) is 4.56. The van der Waals surface area contributed by atoms with Gasteiger partial charge in [0.05, 0.1) is 18.7 Å². The normalized spacial score (nSPS) is 20.1. The predicted octanol–water partition coefficient (Wildman–Crippen LogP) is 3.60. The first kappa shape index (κ1) is 22.9. The van der Waals surface area contributed by atoms with E-state index in [-0.39, 0.29) is 17.9 Å². The molecule has 0 spiro atoms. The van der Waals surface area contributed by atoms with Crippen LogP contribution in [0.3, 0.4) is 0 Å². The lowest BCUT2D eigenvalue weighted by atomic mass is 9.92. The Kier molecular flexibility index (Phi) is 6.86. The number of para-hydroxylation sites is 1. The molecule has 1 saturated carbocycles. The zero-order chi connectivity index (χ0) is 23.5. The maximum absolute atomic E-state index is 13.9. The van der Waals surface area contributed by atoms with Crippen molar-refractivity contribution in [2.45, 2.75) is 44.7 Å². The van der Waals surface area contributed by atoms with Crippen molar-refractivity contribution in [3.8, 4) is 5.75 Å². The molecule has 0 bridgehead atoms. The molecule has 180 valence electrons. The molecule has 2 aliphatic heterocycles. The summed E-state index contributed by atoms with van der Waals surface area (Å²) in [7, 11) is 1.60. The molecule has 2 fully saturated rings. The summed E-state index contributed by atoms with van der Waals surface area (Å²) in [4.78, 5) is 33.4. The van der Waals surface area contributed by atoms with Crippen molar-refractivity contribution >= 4 is 11.8 Å². The van der Waals surface area contributed by atoms with Crippen LogP contribution < -0.4 is 4.74 Å². The van der Waals surface area contributed by atoms with Crippen molar-refractivity contribution in [2.75, 3.05) is 39.8 Å². The number of nitrogens with zero attached hydrogens (tertiary/aromatic N) is 3. The molecular weight excluding hydrogens is 426 g/mol. The third-order valence-corrected chi connectivity index (χ3v) is 7.87. The Bertz CT molecular complexity index is 1030. The summed E-state index contributed by atoms with van der Waals surface area (Å²) in [5.41, 5.74) is 3.25. The van der Waals surface area contributed by atoms with Crippen LogP contribution in [-0.2, 0) is 17.8 Å². The summed E-state index contributed by atoms with van der Waals surface area (Å²) in [6.07, 6.45) is 5.61. The summed E-state index contributed by atoms with van der Waals surface area (Å²) in [5, 5.41) is 0. The number of carbonyl (C=O) groups excluding carboxylic acids is 2. The van der Waals surface area contributed by atoms with Crippen LogP contribution in [0.5, 0.6) is 5.75 Å². The number of piperazine rings is 1. The Morgan fingerprint density at radius 1 is 0.853 bits per heavy atom. The highest BCUT2D eigenvalue weighted by Gasteiger charge is 2.40. The van der Waals surface area contributed by atoms with E-state index in [2.05, 4.69) is 34.1 Å². The molecule has 2 aromatic rings. The van der Waals surface area contributed by atoms with Gasteiger partial charge in [-0.15, -0.1) is 0 Å². The van der Waals surface area contributed by atoms with Crippen LogP contribution in [0.25, 0.3) is 0 Å². The summed E-state index contributed by atoms with van der Waals surface area (Å²) < 4.78 is 5.40. The Labute approximate surface area is 202 Å². The van der Waals surface area contributed by atoms with E-state index in [0.29, 0.717) is 36.9 Å².